The van der Waals surface area contributed by atoms with Crippen LogP contribution in [0.2, 0.25) is 5.02 Å². The van der Waals surface area contributed by atoms with Gasteiger partial charge in [-0.05, 0) is 18.6 Å². The molecule has 0 saturated carbocycles. The quantitative estimate of drug-likeness (QED) is 0.736. The lowest BCUT2D eigenvalue weighted by Gasteiger charge is -2.26. The fourth-order valence-corrected chi connectivity index (χ4v) is 1.35. The van der Waals surface area contributed by atoms with Gasteiger partial charge in [0.15, 0.2) is 0 Å². The zero-order valence-electron chi connectivity index (χ0n) is 9.00. The first-order valence-corrected chi connectivity index (χ1v) is 5.30. The molecule has 0 aliphatic carbocycles. The normalized spacial score (nSPS) is 11.8. The minimum Gasteiger partial charge on any atom is -0.394 e. The lowest BCUT2D eigenvalue weighted by molar-refractivity contribution is 0.103. The van der Waals surface area contributed by atoms with Gasteiger partial charge in [-0.1, -0.05) is 23.7 Å². The highest BCUT2D eigenvalue weighted by Crippen LogP contribution is 2.20. The Morgan fingerprint density at radius 2 is 2.00 bits per heavy atom. The van der Waals surface area contributed by atoms with E-state index < -0.39 is 11.4 Å². The van der Waals surface area contributed by atoms with Crippen molar-refractivity contribution < 1.29 is 14.6 Å². The van der Waals surface area contributed by atoms with E-state index in [4.69, 9.17) is 21.8 Å². The number of hydrogen-bond donors (Lipinski definition) is 3. The van der Waals surface area contributed by atoms with Crippen molar-refractivity contribution in [2.45, 2.75) is 19.0 Å². The van der Waals surface area contributed by atoms with E-state index in [-0.39, 0.29) is 24.8 Å². The number of nitrogens with one attached hydrogen (secondary N) is 1. The van der Waals surface area contributed by atoms with E-state index in [1.54, 1.807) is 19.1 Å². The van der Waals surface area contributed by atoms with Crippen molar-refractivity contribution in [1.82, 2.24) is 5.32 Å². The molecule has 16 heavy (non-hydrogen) atoms. The van der Waals surface area contributed by atoms with Crippen molar-refractivity contribution in [2.24, 2.45) is 0 Å². The van der Waals surface area contributed by atoms with E-state index in [1.807, 2.05) is 0 Å². The molecule has 0 saturated heterocycles. The molecule has 0 radical (unpaired) electrons. The van der Waals surface area contributed by atoms with Gasteiger partial charge in [0.2, 0.25) is 0 Å². The third-order valence-electron chi connectivity index (χ3n) is 2.44. The summed E-state index contributed by atoms with van der Waals surface area (Å²) in [5, 5.41) is 21.1. The number of halogens is 2. The van der Waals surface area contributed by atoms with Gasteiger partial charge in [0.25, 0.3) is 0 Å². The van der Waals surface area contributed by atoms with Crippen LogP contribution >= 0.6 is 11.6 Å². The summed E-state index contributed by atoms with van der Waals surface area (Å²) in [6.45, 7) is 1.53. The van der Waals surface area contributed by atoms with Crippen LogP contribution in [-0.2, 0) is 6.54 Å². The lowest BCUT2D eigenvalue weighted by atomic mass is 10.0. The Hall–Kier alpha value is -0.680. The van der Waals surface area contributed by atoms with E-state index in [0.29, 0.717) is 5.56 Å². The van der Waals surface area contributed by atoms with Crippen molar-refractivity contribution in [2.75, 3.05) is 13.2 Å². The number of aliphatic hydroxyl groups is 2. The summed E-state index contributed by atoms with van der Waals surface area (Å²) in [6, 6.07) is 4.53. The van der Waals surface area contributed by atoms with Crippen LogP contribution in [0.15, 0.2) is 18.2 Å². The van der Waals surface area contributed by atoms with Crippen molar-refractivity contribution in [3.8, 4) is 0 Å². The first kappa shape index (κ1) is 13.4. The summed E-state index contributed by atoms with van der Waals surface area (Å²) in [5.41, 5.74) is -0.204. The monoisotopic (exact) mass is 247 g/mol. The Balaban J connectivity index is 2.71. The molecule has 0 amide bonds. The first-order chi connectivity index (χ1) is 7.52. The van der Waals surface area contributed by atoms with Gasteiger partial charge in [0, 0.05) is 6.54 Å². The van der Waals surface area contributed by atoms with E-state index in [9.17, 15) is 4.39 Å². The van der Waals surface area contributed by atoms with Crippen LogP contribution in [-0.4, -0.2) is 29.0 Å². The molecule has 0 aliphatic heterocycles. The Morgan fingerprint density at radius 3 is 2.56 bits per heavy atom. The van der Waals surface area contributed by atoms with Gasteiger partial charge in [0.05, 0.1) is 23.8 Å². The molecule has 1 rings (SSSR count). The molecule has 0 atom stereocenters. The Labute approximate surface area is 98.9 Å². The number of aliphatic hydroxyl groups excluding tert-OH is 2. The van der Waals surface area contributed by atoms with Crippen molar-refractivity contribution >= 4 is 11.6 Å². The summed E-state index contributed by atoms with van der Waals surface area (Å²) in [7, 11) is 0. The number of rotatable bonds is 5. The molecule has 0 aromatic heterocycles. The summed E-state index contributed by atoms with van der Waals surface area (Å²) in [4.78, 5) is 0. The molecule has 5 heteroatoms. The molecule has 0 unspecified atom stereocenters. The van der Waals surface area contributed by atoms with E-state index >= 15 is 0 Å². The average Bonchev–Trinajstić information content (AvgIpc) is 2.31. The highest BCUT2D eigenvalue weighted by molar-refractivity contribution is 6.31. The third-order valence-corrected chi connectivity index (χ3v) is 2.86. The minimum atomic E-state index is -0.796. The lowest BCUT2D eigenvalue weighted by Crippen LogP contribution is -2.48. The highest BCUT2D eigenvalue weighted by Gasteiger charge is 2.21. The van der Waals surface area contributed by atoms with Gasteiger partial charge in [0.1, 0.15) is 5.82 Å². The largest absolute Gasteiger partial charge is 0.394 e. The van der Waals surface area contributed by atoms with Gasteiger partial charge in [-0.15, -0.1) is 0 Å². The van der Waals surface area contributed by atoms with Crippen LogP contribution < -0.4 is 5.32 Å². The number of hydrogen-bond acceptors (Lipinski definition) is 3. The van der Waals surface area contributed by atoms with Crippen LogP contribution in [0.1, 0.15) is 12.5 Å². The maximum Gasteiger partial charge on any atom is 0.142 e. The zero-order valence-corrected chi connectivity index (χ0v) is 9.76. The smallest absolute Gasteiger partial charge is 0.142 e. The summed E-state index contributed by atoms with van der Waals surface area (Å²) in [6.07, 6.45) is 0. The third kappa shape index (κ3) is 3.15. The van der Waals surface area contributed by atoms with Gasteiger partial charge < -0.3 is 15.5 Å². The number of benzene rings is 1. The van der Waals surface area contributed by atoms with Crippen LogP contribution in [0.4, 0.5) is 4.39 Å². The summed E-state index contributed by atoms with van der Waals surface area (Å²) < 4.78 is 13.1. The molecule has 0 aliphatic rings. The minimum absolute atomic E-state index is 0.0632. The van der Waals surface area contributed by atoms with E-state index in [1.165, 1.54) is 6.07 Å². The first-order valence-electron chi connectivity index (χ1n) is 4.92. The van der Waals surface area contributed by atoms with Crippen LogP contribution in [0.25, 0.3) is 0 Å². The second kappa shape index (κ2) is 5.59. The topological polar surface area (TPSA) is 52.5 Å². The molecular formula is C11H15ClFNO2. The molecule has 1 aromatic rings. The molecule has 0 spiro atoms. The zero-order chi connectivity index (χ0) is 12.2. The average molecular weight is 248 g/mol. The molecule has 1 aromatic carbocycles. The summed E-state index contributed by atoms with van der Waals surface area (Å²) in [5.74, 6) is -0.476. The Morgan fingerprint density at radius 1 is 1.38 bits per heavy atom. The fourth-order valence-electron chi connectivity index (χ4n) is 1.16. The van der Waals surface area contributed by atoms with E-state index in [2.05, 4.69) is 5.32 Å². The molecular weight excluding hydrogens is 233 g/mol. The predicted molar refractivity (Wildman–Crippen MR) is 60.8 cm³/mol. The fraction of sp³-hybridized carbons (Fsp3) is 0.455. The van der Waals surface area contributed by atoms with Crippen molar-refractivity contribution in [1.29, 1.82) is 0 Å². The molecule has 90 valence electrons. The molecule has 0 bridgehead atoms. The summed E-state index contributed by atoms with van der Waals surface area (Å²) >= 11 is 5.77. The maximum atomic E-state index is 13.1. The molecule has 0 fully saturated rings. The van der Waals surface area contributed by atoms with Gasteiger partial charge in [-0.25, -0.2) is 4.39 Å². The van der Waals surface area contributed by atoms with Crippen molar-refractivity contribution in [3.63, 3.8) is 0 Å². The Kier molecular flexibility index (Phi) is 4.68. The van der Waals surface area contributed by atoms with E-state index in [0.717, 1.165) is 0 Å². The molecule has 3 nitrogen and oxygen atoms in total. The highest BCUT2D eigenvalue weighted by atomic mass is 35.5. The van der Waals surface area contributed by atoms with Gasteiger partial charge in [-0.3, -0.25) is 0 Å². The molecule has 3 N–H and O–H groups in total. The van der Waals surface area contributed by atoms with Crippen LogP contribution in [0, 0.1) is 5.82 Å². The standard InChI is InChI=1S/C11H15ClFNO2/c1-11(6-15,7-16)14-5-8-3-2-4-9(13)10(8)12/h2-4,14-16H,5-7H2,1H3. The van der Waals surface area contributed by atoms with Gasteiger partial charge >= 0.3 is 0 Å². The van der Waals surface area contributed by atoms with Crippen LogP contribution in [0.3, 0.4) is 0 Å². The van der Waals surface area contributed by atoms with Crippen molar-refractivity contribution in [3.05, 3.63) is 34.6 Å². The Bertz CT molecular complexity index is 356. The second-order valence-corrected chi connectivity index (χ2v) is 4.32. The predicted octanol–water partition coefficient (Wildman–Crippen LogP) is 1.31. The van der Waals surface area contributed by atoms with Gasteiger partial charge in [-0.2, -0.15) is 0 Å². The van der Waals surface area contributed by atoms with Crippen LogP contribution in [0.5, 0.6) is 0 Å². The SMILES string of the molecule is CC(CO)(CO)NCc1cccc(F)c1Cl. The molecule has 0 heterocycles. The second-order valence-electron chi connectivity index (χ2n) is 3.94. The maximum absolute atomic E-state index is 13.1.